The Morgan fingerprint density at radius 3 is 2.53 bits per heavy atom. The fourth-order valence-electron chi connectivity index (χ4n) is 1.38. The first-order valence-electron chi connectivity index (χ1n) is 5.45. The lowest BCUT2D eigenvalue weighted by Gasteiger charge is -2.14. The van der Waals surface area contributed by atoms with Crippen molar-refractivity contribution >= 4 is 27.5 Å². The Kier molecular flexibility index (Phi) is 6.42. The predicted octanol–water partition coefficient (Wildman–Crippen LogP) is 4.71. The fourth-order valence-corrected chi connectivity index (χ4v) is 2.21. The zero-order valence-corrected chi connectivity index (χ0v) is 12.5. The van der Waals surface area contributed by atoms with Gasteiger partial charge in [0, 0.05) is 7.11 Å². The van der Waals surface area contributed by atoms with Crippen LogP contribution >= 0.6 is 27.5 Å². The van der Waals surface area contributed by atoms with Gasteiger partial charge in [0.2, 0.25) is 0 Å². The van der Waals surface area contributed by atoms with Gasteiger partial charge in [-0.1, -0.05) is 6.07 Å². The summed E-state index contributed by atoms with van der Waals surface area (Å²) in [6.07, 6.45) is -5.35. The quantitative estimate of drug-likeness (QED) is 0.540. The van der Waals surface area contributed by atoms with Gasteiger partial charge in [0.1, 0.15) is 12.4 Å². The number of methoxy groups -OCH3 is 1. The van der Waals surface area contributed by atoms with Crippen LogP contribution in [0.5, 0.6) is 5.75 Å². The maximum Gasteiger partial charge on any atom is 0.390 e. The van der Waals surface area contributed by atoms with E-state index in [4.69, 9.17) is 21.1 Å². The van der Waals surface area contributed by atoms with Gasteiger partial charge in [-0.25, -0.2) is 0 Å². The zero-order valence-electron chi connectivity index (χ0n) is 10.1. The molecule has 1 rings (SSSR count). The normalized spacial score (nSPS) is 13.4. The average Bonchev–Trinajstić information content (AvgIpc) is 2.29. The van der Waals surface area contributed by atoms with Gasteiger partial charge >= 0.3 is 6.18 Å². The number of rotatable bonds is 6. The molecule has 0 saturated heterocycles. The third-order valence-electron chi connectivity index (χ3n) is 2.27. The van der Waals surface area contributed by atoms with E-state index in [0.29, 0.717) is 29.0 Å². The maximum absolute atomic E-state index is 12.2. The Bertz CT molecular complexity index is 412. The number of alkyl halides is 4. The molecule has 2 nitrogen and oxygen atoms in total. The number of benzene rings is 1. The highest BCUT2D eigenvalue weighted by molar-refractivity contribution is 9.10. The second kappa shape index (κ2) is 7.36. The Morgan fingerprint density at radius 1 is 1.32 bits per heavy atom. The van der Waals surface area contributed by atoms with Crippen molar-refractivity contribution in [2.24, 2.45) is 0 Å². The van der Waals surface area contributed by atoms with Gasteiger partial charge in [0.15, 0.2) is 0 Å². The van der Waals surface area contributed by atoms with Crippen LogP contribution in [-0.4, -0.2) is 26.5 Å². The summed E-state index contributed by atoms with van der Waals surface area (Å²) in [7, 11) is 1.55. The molecular formula is C12H13BrClF3O2. The third-order valence-corrected chi connectivity index (χ3v) is 3.30. The first-order chi connectivity index (χ1) is 8.83. The number of ether oxygens (including phenoxy) is 2. The molecule has 1 atom stereocenters. The molecule has 1 unspecified atom stereocenters. The zero-order chi connectivity index (χ0) is 14.5. The van der Waals surface area contributed by atoms with E-state index in [1.807, 2.05) is 0 Å². The smallest absolute Gasteiger partial charge is 0.390 e. The first-order valence-corrected chi connectivity index (χ1v) is 6.68. The molecule has 0 spiro atoms. The van der Waals surface area contributed by atoms with Crippen molar-refractivity contribution in [2.45, 2.75) is 18.0 Å². The standard InChI is InChI=1S/C12H13BrClF3O2/c1-18-4-5-19-11-3-2-8(6-9(11)13)10(14)7-12(15,16)17/h2-3,6,10H,4-5,7H2,1H3. The Hall–Kier alpha value is -0.460. The molecule has 0 heterocycles. The molecule has 1 aromatic rings. The topological polar surface area (TPSA) is 18.5 Å². The molecule has 19 heavy (non-hydrogen) atoms. The lowest BCUT2D eigenvalue weighted by atomic mass is 10.1. The predicted molar refractivity (Wildman–Crippen MR) is 70.8 cm³/mol. The van der Waals surface area contributed by atoms with Crippen molar-refractivity contribution in [1.29, 1.82) is 0 Å². The monoisotopic (exact) mass is 360 g/mol. The largest absolute Gasteiger partial charge is 0.490 e. The van der Waals surface area contributed by atoms with Crippen molar-refractivity contribution in [3.05, 3.63) is 28.2 Å². The van der Waals surface area contributed by atoms with E-state index in [9.17, 15) is 13.2 Å². The van der Waals surface area contributed by atoms with Crippen molar-refractivity contribution in [3.63, 3.8) is 0 Å². The number of hydrogen-bond donors (Lipinski definition) is 0. The molecule has 0 bridgehead atoms. The van der Waals surface area contributed by atoms with E-state index in [2.05, 4.69) is 15.9 Å². The van der Waals surface area contributed by atoms with Gasteiger partial charge < -0.3 is 9.47 Å². The highest BCUT2D eigenvalue weighted by Gasteiger charge is 2.31. The summed E-state index contributed by atoms with van der Waals surface area (Å²) < 4.78 is 47.5. The third kappa shape index (κ3) is 6.01. The maximum atomic E-state index is 12.2. The van der Waals surface area contributed by atoms with Gasteiger partial charge in [-0.05, 0) is 33.6 Å². The van der Waals surface area contributed by atoms with Crippen LogP contribution in [0.4, 0.5) is 13.2 Å². The van der Waals surface area contributed by atoms with Crippen LogP contribution in [0.15, 0.2) is 22.7 Å². The van der Waals surface area contributed by atoms with Gasteiger partial charge in [0.05, 0.1) is 22.9 Å². The molecular weight excluding hydrogens is 348 g/mol. The highest BCUT2D eigenvalue weighted by atomic mass is 79.9. The van der Waals surface area contributed by atoms with Gasteiger partial charge in [0.25, 0.3) is 0 Å². The van der Waals surface area contributed by atoms with Gasteiger partial charge in [-0.2, -0.15) is 13.2 Å². The minimum Gasteiger partial charge on any atom is -0.490 e. The molecule has 0 fully saturated rings. The molecule has 1 aromatic carbocycles. The summed E-state index contributed by atoms with van der Waals surface area (Å²) in [6.45, 7) is 0.793. The summed E-state index contributed by atoms with van der Waals surface area (Å²) in [5, 5.41) is -1.11. The Morgan fingerprint density at radius 2 is 2.00 bits per heavy atom. The summed E-state index contributed by atoms with van der Waals surface area (Å²) in [4.78, 5) is 0. The summed E-state index contributed by atoms with van der Waals surface area (Å²) in [5.74, 6) is 0.539. The number of halogens is 5. The molecule has 0 amide bonds. The van der Waals surface area contributed by atoms with E-state index in [1.54, 1.807) is 13.2 Å². The molecule has 0 N–H and O–H groups in total. The summed E-state index contributed by atoms with van der Waals surface area (Å²) >= 11 is 8.98. The second-order valence-corrected chi connectivity index (χ2v) is 5.20. The van der Waals surface area contributed by atoms with Gasteiger partial charge in [-0.15, -0.1) is 11.6 Å². The van der Waals surface area contributed by atoms with E-state index in [0.717, 1.165) is 0 Å². The van der Waals surface area contributed by atoms with Crippen LogP contribution in [0.25, 0.3) is 0 Å². The molecule has 0 radical (unpaired) electrons. The van der Waals surface area contributed by atoms with Crippen LogP contribution in [0.3, 0.4) is 0 Å². The molecule has 7 heteroatoms. The van der Waals surface area contributed by atoms with Crippen LogP contribution in [0, 0.1) is 0 Å². The van der Waals surface area contributed by atoms with Crippen LogP contribution < -0.4 is 4.74 Å². The van der Waals surface area contributed by atoms with Crippen LogP contribution in [0.1, 0.15) is 17.4 Å². The van der Waals surface area contributed by atoms with Crippen molar-refractivity contribution in [1.82, 2.24) is 0 Å². The van der Waals surface area contributed by atoms with Crippen LogP contribution in [-0.2, 0) is 4.74 Å². The molecule has 0 saturated carbocycles. The molecule has 108 valence electrons. The lowest BCUT2D eigenvalue weighted by molar-refractivity contribution is -0.134. The van der Waals surface area contributed by atoms with Crippen molar-refractivity contribution < 1.29 is 22.6 Å². The fraction of sp³-hybridized carbons (Fsp3) is 0.500. The average molecular weight is 362 g/mol. The number of hydrogen-bond acceptors (Lipinski definition) is 2. The van der Waals surface area contributed by atoms with E-state index >= 15 is 0 Å². The van der Waals surface area contributed by atoms with Crippen LogP contribution in [0.2, 0.25) is 0 Å². The first kappa shape index (κ1) is 16.6. The lowest BCUT2D eigenvalue weighted by Crippen LogP contribution is -2.11. The van der Waals surface area contributed by atoms with E-state index in [-0.39, 0.29) is 0 Å². The molecule has 0 aliphatic heterocycles. The van der Waals surface area contributed by atoms with E-state index < -0.39 is 18.0 Å². The SMILES string of the molecule is COCCOc1ccc(C(Cl)CC(F)(F)F)cc1Br. The van der Waals surface area contributed by atoms with E-state index in [1.165, 1.54) is 12.1 Å². The Labute approximate surface area is 123 Å². The molecule has 0 aromatic heterocycles. The minimum atomic E-state index is -4.29. The van der Waals surface area contributed by atoms with Crippen molar-refractivity contribution in [3.8, 4) is 5.75 Å². The molecule has 0 aliphatic carbocycles. The summed E-state index contributed by atoms with van der Waals surface area (Å²) in [5.41, 5.74) is 0.393. The van der Waals surface area contributed by atoms with Crippen molar-refractivity contribution in [2.75, 3.05) is 20.3 Å². The highest BCUT2D eigenvalue weighted by Crippen LogP contribution is 2.36. The second-order valence-electron chi connectivity index (χ2n) is 3.82. The van der Waals surface area contributed by atoms with Gasteiger partial charge in [-0.3, -0.25) is 0 Å². The minimum absolute atomic E-state index is 0.362. The summed E-state index contributed by atoms with van der Waals surface area (Å²) in [6, 6.07) is 4.64. The Balaban J connectivity index is 2.70. The molecule has 0 aliphatic rings.